The normalized spacial score (nSPS) is 10.1. The van der Waals surface area contributed by atoms with Gasteiger partial charge in [0.15, 0.2) is 4.34 Å². The molecule has 0 aliphatic heterocycles. The summed E-state index contributed by atoms with van der Waals surface area (Å²) in [4.78, 5) is 4.53. The fourth-order valence-corrected chi connectivity index (χ4v) is 3.43. The molecule has 0 spiro atoms. The van der Waals surface area contributed by atoms with E-state index in [0.717, 1.165) is 15.5 Å². The Hall–Kier alpha value is -1.22. The number of hydrogen-bond acceptors (Lipinski definition) is 5. The minimum atomic E-state index is 0.499. The van der Waals surface area contributed by atoms with E-state index in [1.54, 1.807) is 11.8 Å². The van der Waals surface area contributed by atoms with Crippen LogP contribution in [0.1, 0.15) is 11.1 Å². The van der Waals surface area contributed by atoms with Crippen LogP contribution < -0.4 is 0 Å². The largest absolute Gasteiger partial charge is 0.229 e. The second kappa shape index (κ2) is 5.61. The zero-order valence-electron chi connectivity index (χ0n) is 9.93. The second-order valence-corrected chi connectivity index (χ2v) is 6.40. The van der Waals surface area contributed by atoms with Crippen LogP contribution in [0.25, 0.3) is 11.3 Å². The molecule has 0 saturated carbocycles. The summed E-state index contributed by atoms with van der Waals surface area (Å²) < 4.78 is 1.49. The van der Waals surface area contributed by atoms with Crippen LogP contribution in [0, 0.1) is 22.1 Å². The van der Waals surface area contributed by atoms with Crippen LogP contribution in [0.4, 0.5) is 0 Å². The molecule has 2 nitrogen and oxygen atoms in total. The lowest BCUT2D eigenvalue weighted by molar-refractivity contribution is 1.21. The topological polar surface area (TPSA) is 36.7 Å². The van der Waals surface area contributed by atoms with Crippen LogP contribution >= 0.6 is 35.3 Å². The van der Waals surface area contributed by atoms with Gasteiger partial charge in [-0.2, -0.15) is 5.26 Å². The van der Waals surface area contributed by atoms with Crippen molar-refractivity contribution < 1.29 is 0 Å². The highest BCUT2D eigenvalue weighted by molar-refractivity contribution is 8.00. The monoisotopic (exact) mass is 290 g/mol. The molecule has 1 aromatic heterocycles. The number of nitrogens with zero attached hydrogens (tertiary/aromatic N) is 2. The minimum Gasteiger partial charge on any atom is -0.229 e. The molecule has 90 valence electrons. The van der Waals surface area contributed by atoms with Crippen molar-refractivity contribution in [2.75, 3.05) is 6.26 Å². The van der Waals surface area contributed by atoms with Gasteiger partial charge in [-0.05, 0) is 19.2 Å². The van der Waals surface area contributed by atoms with Crippen molar-refractivity contribution in [2.24, 2.45) is 0 Å². The summed E-state index contributed by atoms with van der Waals surface area (Å²) in [7, 11) is 0. The molecular weight excluding hydrogens is 280 g/mol. The number of aromatic nitrogens is 1. The SMILES string of the molecule is CSc1nc(-c2cccc(C)c2)c(C#N)c(=S)s1. The van der Waals surface area contributed by atoms with Crippen LogP contribution in [0.2, 0.25) is 0 Å². The maximum Gasteiger partial charge on any atom is 0.151 e. The van der Waals surface area contributed by atoms with E-state index in [1.165, 1.54) is 11.3 Å². The van der Waals surface area contributed by atoms with E-state index in [0.29, 0.717) is 15.1 Å². The average molecular weight is 290 g/mol. The van der Waals surface area contributed by atoms with Crippen LogP contribution in [-0.2, 0) is 0 Å². The Morgan fingerprint density at radius 1 is 1.44 bits per heavy atom. The predicted octanol–water partition coefficient (Wildman–Crippen LogP) is 4.44. The minimum absolute atomic E-state index is 0.499. The molecule has 0 N–H and O–H groups in total. The molecule has 1 heterocycles. The van der Waals surface area contributed by atoms with E-state index >= 15 is 0 Å². The Kier molecular flexibility index (Phi) is 4.12. The third-order valence-corrected chi connectivity index (χ3v) is 4.70. The molecular formula is C13H10N2S3. The van der Waals surface area contributed by atoms with E-state index in [2.05, 4.69) is 11.1 Å². The molecule has 0 atom stereocenters. The molecule has 1 aromatic carbocycles. The summed E-state index contributed by atoms with van der Waals surface area (Å²) in [6.45, 7) is 2.02. The zero-order chi connectivity index (χ0) is 13.1. The molecule has 0 radical (unpaired) electrons. The lowest BCUT2D eigenvalue weighted by Crippen LogP contribution is -1.91. The van der Waals surface area contributed by atoms with Gasteiger partial charge >= 0.3 is 0 Å². The fourth-order valence-electron chi connectivity index (χ4n) is 1.58. The van der Waals surface area contributed by atoms with E-state index < -0.39 is 0 Å². The number of thioether (sulfide) groups is 1. The van der Waals surface area contributed by atoms with Crippen LogP contribution in [0.15, 0.2) is 28.6 Å². The summed E-state index contributed by atoms with van der Waals surface area (Å²) in [6.07, 6.45) is 1.96. The molecule has 0 aliphatic carbocycles. The van der Waals surface area contributed by atoms with Crippen molar-refractivity contribution in [1.82, 2.24) is 4.98 Å². The molecule has 2 rings (SSSR count). The summed E-state index contributed by atoms with van der Waals surface area (Å²) in [5.41, 5.74) is 3.27. The molecule has 0 saturated heterocycles. The van der Waals surface area contributed by atoms with Gasteiger partial charge in [-0.3, -0.25) is 0 Å². The molecule has 0 aliphatic rings. The van der Waals surface area contributed by atoms with Crippen LogP contribution in [-0.4, -0.2) is 11.2 Å². The molecule has 0 bridgehead atoms. The van der Waals surface area contributed by atoms with Gasteiger partial charge in [-0.1, -0.05) is 59.1 Å². The Labute approximate surface area is 119 Å². The number of hydrogen-bond donors (Lipinski definition) is 0. The van der Waals surface area contributed by atoms with E-state index in [1.807, 2.05) is 37.4 Å². The summed E-state index contributed by atoms with van der Waals surface area (Å²) >= 11 is 8.20. The molecule has 5 heteroatoms. The predicted molar refractivity (Wildman–Crippen MR) is 79.6 cm³/mol. The lowest BCUT2D eigenvalue weighted by Gasteiger charge is -2.05. The summed E-state index contributed by atoms with van der Waals surface area (Å²) in [6, 6.07) is 10.1. The Morgan fingerprint density at radius 2 is 2.22 bits per heavy atom. The van der Waals surface area contributed by atoms with Gasteiger partial charge in [0.05, 0.1) is 5.69 Å². The highest BCUT2D eigenvalue weighted by Crippen LogP contribution is 2.29. The maximum atomic E-state index is 9.24. The van der Waals surface area contributed by atoms with Crippen LogP contribution in [0.5, 0.6) is 0 Å². The van der Waals surface area contributed by atoms with Crippen molar-refractivity contribution in [1.29, 1.82) is 5.26 Å². The molecule has 0 amide bonds. The van der Waals surface area contributed by atoms with Gasteiger partial charge in [-0.15, -0.1) is 0 Å². The summed E-state index contributed by atoms with van der Waals surface area (Å²) in [5, 5.41) is 9.24. The summed E-state index contributed by atoms with van der Waals surface area (Å²) in [5.74, 6) is 0. The highest BCUT2D eigenvalue weighted by atomic mass is 32.2. The van der Waals surface area contributed by atoms with Crippen molar-refractivity contribution in [3.8, 4) is 17.3 Å². The van der Waals surface area contributed by atoms with E-state index in [9.17, 15) is 5.26 Å². The van der Waals surface area contributed by atoms with Crippen molar-refractivity contribution in [3.63, 3.8) is 0 Å². The van der Waals surface area contributed by atoms with Crippen molar-refractivity contribution in [2.45, 2.75) is 11.3 Å². The van der Waals surface area contributed by atoms with Gasteiger partial charge in [0.2, 0.25) is 0 Å². The number of aryl methyl sites for hydroxylation is 1. The molecule has 0 fully saturated rings. The van der Waals surface area contributed by atoms with Gasteiger partial charge in [0.25, 0.3) is 0 Å². The average Bonchev–Trinajstić information content (AvgIpc) is 2.37. The number of nitriles is 1. The lowest BCUT2D eigenvalue weighted by atomic mass is 10.1. The Bertz CT molecular complexity index is 683. The van der Waals surface area contributed by atoms with E-state index in [4.69, 9.17) is 12.2 Å². The third kappa shape index (κ3) is 2.61. The van der Waals surface area contributed by atoms with Gasteiger partial charge in [-0.25, -0.2) is 4.98 Å². The van der Waals surface area contributed by atoms with Gasteiger partial charge in [0, 0.05) is 5.56 Å². The number of rotatable bonds is 2. The fraction of sp³-hybridized carbons (Fsp3) is 0.154. The zero-order valence-corrected chi connectivity index (χ0v) is 12.4. The Balaban J connectivity index is 2.74. The maximum absolute atomic E-state index is 9.24. The number of benzene rings is 1. The first kappa shape index (κ1) is 13.2. The second-order valence-electron chi connectivity index (χ2n) is 3.68. The Morgan fingerprint density at radius 3 is 2.83 bits per heavy atom. The van der Waals surface area contributed by atoms with Crippen molar-refractivity contribution in [3.05, 3.63) is 39.2 Å². The van der Waals surface area contributed by atoms with E-state index in [-0.39, 0.29) is 0 Å². The first-order valence-electron chi connectivity index (χ1n) is 5.22. The molecule has 18 heavy (non-hydrogen) atoms. The third-order valence-electron chi connectivity index (χ3n) is 2.40. The molecule has 2 aromatic rings. The first-order chi connectivity index (χ1) is 8.65. The smallest absolute Gasteiger partial charge is 0.151 e. The quantitative estimate of drug-likeness (QED) is 0.605. The first-order valence-corrected chi connectivity index (χ1v) is 7.67. The molecule has 0 unspecified atom stereocenters. The standard InChI is InChI=1S/C13H10N2S3/c1-8-4-3-5-9(6-8)11-10(7-14)12(16)18-13(15-11)17-2/h3-6H,1-2H3. The van der Waals surface area contributed by atoms with Gasteiger partial charge in [0.1, 0.15) is 15.5 Å². The van der Waals surface area contributed by atoms with Crippen LogP contribution in [0.3, 0.4) is 0 Å². The highest BCUT2D eigenvalue weighted by Gasteiger charge is 2.11. The van der Waals surface area contributed by atoms with Gasteiger partial charge < -0.3 is 0 Å². The van der Waals surface area contributed by atoms with Crippen molar-refractivity contribution >= 4 is 35.3 Å².